The lowest BCUT2D eigenvalue weighted by Gasteiger charge is -2.13. The molecular formula is C26H30N10O9S. The molecule has 0 fully saturated rings. The summed E-state index contributed by atoms with van der Waals surface area (Å²) in [4.78, 5) is 45.8. The van der Waals surface area contributed by atoms with Crippen molar-refractivity contribution >= 4 is 56.9 Å². The number of aryl methyl sites for hydroxylation is 1. The number of ether oxygens (including phenoxy) is 2. The molecule has 0 aliphatic rings. The molecule has 0 spiro atoms. The lowest BCUT2D eigenvalue weighted by molar-refractivity contribution is 0.0360. The molecule has 4 rings (SSSR count). The van der Waals surface area contributed by atoms with Gasteiger partial charge in [0.1, 0.15) is 5.82 Å². The van der Waals surface area contributed by atoms with E-state index in [1.165, 1.54) is 31.2 Å². The summed E-state index contributed by atoms with van der Waals surface area (Å²) in [6.45, 7) is 2.75. The van der Waals surface area contributed by atoms with Crippen LogP contribution in [0.5, 0.6) is 0 Å². The van der Waals surface area contributed by atoms with E-state index in [0.717, 1.165) is 12.1 Å². The first-order valence-electron chi connectivity index (χ1n) is 13.5. The van der Waals surface area contributed by atoms with E-state index in [-0.39, 0.29) is 72.9 Å². The van der Waals surface area contributed by atoms with Gasteiger partial charge in [-0.3, -0.25) is 9.54 Å². The Bertz CT molecular complexity index is 1840. The van der Waals surface area contributed by atoms with Crippen molar-refractivity contribution in [1.29, 1.82) is 0 Å². The van der Waals surface area contributed by atoms with Crippen molar-refractivity contribution in [2.45, 2.75) is 11.8 Å². The minimum absolute atomic E-state index is 0.00229. The van der Waals surface area contributed by atoms with Crippen molar-refractivity contribution in [1.82, 2.24) is 29.9 Å². The monoisotopic (exact) mass is 658 g/mol. The predicted octanol–water partition coefficient (Wildman–Crippen LogP) is 1.27. The fourth-order valence-corrected chi connectivity index (χ4v) is 4.30. The highest BCUT2D eigenvalue weighted by Gasteiger charge is 2.16. The van der Waals surface area contributed by atoms with Gasteiger partial charge in [0.2, 0.25) is 23.8 Å². The Labute approximate surface area is 261 Å². The van der Waals surface area contributed by atoms with Gasteiger partial charge in [0, 0.05) is 23.6 Å². The topological polar surface area (TPSA) is 276 Å². The highest BCUT2D eigenvalue weighted by molar-refractivity contribution is 7.85. The van der Waals surface area contributed by atoms with Crippen LogP contribution in [0, 0.1) is 6.92 Å². The molecule has 0 aliphatic carbocycles. The number of benzene rings is 2. The Morgan fingerprint density at radius 2 is 1.43 bits per heavy atom. The maximum Gasteiger partial charge on any atom is 0.349 e. The second kappa shape index (κ2) is 15.6. The van der Waals surface area contributed by atoms with Crippen LogP contribution in [-0.4, -0.2) is 98.6 Å². The average molecular weight is 659 g/mol. The fraction of sp³-hybridized carbons (Fsp3) is 0.269. The number of aliphatic hydroxyl groups excluding tert-OH is 1. The molecule has 4 aromatic rings. The number of rotatable bonds is 17. The van der Waals surface area contributed by atoms with E-state index in [1.54, 1.807) is 6.07 Å². The zero-order valence-electron chi connectivity index (χ0n) is 24.2. The summed E-state index contributed by atoms with van der Waals surface area (Å²) in [5.41, 5.74) is -0.0982. The van der Waals surface area contributed by atoms with E-state index in [4.69, 9.17) is 14.6 Å². The van der Waals surface area contributed by atoms with Crippen LogP contribution < -0.4 is 27.0 Å². The fourth-order valence-electron chi connectivity index (χ4n) is 3.74. The number of aliphatic hydroxyl groups is 1. The molecule has 20 heteroatoms. The van der Waals surface area contributed by atoms with E-state index < -0.39 is 26.7 Å². The first-order valence-corrected chi connectivity index (χ1v) is 14.9. The van der Waals surface area contributed by atoms with Crippen LogP contribution in [-0.2, 0) is 19.6 Å². The Morgan fingerprint density at radius 1 is 0.826 bits per heavy atom. The van der Waals surface area contributed by atoms with Crippen LogP contribution in [0.2, 0.25) is 0 Å². The second-order valence-electron chi connectivity index (χ2n) is 9.23. The molecule has 244 valence electrons. The van der Waals surface area contributed by atoms with Crippen LogP contribution in [0.15, 0.2) is 52.2 Å². The molecule has 2 aromatic heterocycles. The van der Waals surface area contributed by atoms with Gasteiger partial charge in [-0.05, 0) is 43.3 Å². The first kappa shape index (κ1) is 33.6. The molecule has 0 bridgehead atoms. The molecule has 0 aliphatic heterocycles. The molecule has 0 radical (unpaired) electrons. The number of aromatic nitrogens is 6. The van der Waals surface area contributed by atoms with Crippen LogP contribution >= 0.6 is 0 Å². The van der Waals surface area contributed by atoms with Gasteiger partial charge in [0.05, 0.1) is 43.5 Å². The van der Waals surface area contributed by atoms with Gasteiger partial charge in [0.15, 0.2) is 0 Å². The normalized spacial score (nSPS) is 11.2. The van der Waals surface area contributed by atoms with Gasteiger partial charge in [-0.15, -0.1) is 0 Å². The van der Waals surface area contributed by atoms with Crippen LogP contribution in [0.3, 0.4) is 0 Å². The molecule has 0 amide bonds. The lowest BCUT2D eigenvalue weighted by atomic mass is 10.2. The molecule has 2 aromatic carbocycles. The van der Waals surface area contributed by atoms with E-state index in [9.17, 15) is 27.7 Å². The Morgan fingerprint density at radius 3 is 2.04 bits per heavy atom. The van der Waals surface area contributed by atoms with E-state index in [0.29, 0.717) is 18.9 Å². The molecule has 19 nitrogen and oxygen atoms in total. The number of carboxylic acid groups (broad SMARTS) is 1. The average Bonchev–Trinajstić information content (AvgIpc) is 2.97. The summed E-state index contributed by atoms with van der Waals surface area (Å²) in [6.07, 6.45) is 0. The van der Waals surface area contributed by atoms with Gasteiger partial charge in [-0.2, -0.15) is 33.3 Å². The Hall–Kier alpha value is -5.28. The molecule has 0 saturated heterocycles. The summed E-state index contributed by atoms with van der Waals surface area (Å²) in [7, 11) is -4.69. The number of carbonyl (C=O) groups is 1. The minimum Gasteiger partial charge on any atom is -0.478 e. The minimum atomic E-state index is -4.69. The SMILES string of the molecule is Cc1nc(Nc2cc(Nc3nc(NCCOCCOCCO)nc(Nc4cccc(C(=O)O)c4)n3)cc(S(=O)(=O)O)c2)nc(=O)[nH]1. The summed E-state index contributed by atoms with van der Waals surface area (Å²) >= 11 is 0. The third-order valence-corrected chi connectivity index (χ3v) is 6.46. The lowest BCUT2D eigenvalue weighted by Crippen LogP contribution is -2.16. The number of nitrogens with zero attached hydrogens (tertiary/aromatic N) is 5. The van der Waals surface area contributed by atoms with Crippen molar-refractivity contribution < 1.29 is 37.5 Å². The third kappa shape index (κ3) is 10.4. The van der Waals surface area contributed by atoms with Crippen LogP contribution in [0.25, 0.3) is 0 Å². The number of H-pyrrole nitrogens is 1. The van der Waals surface area contributed by atoms with Gasteiger partial charge >= 0.3 is 11.7 Å². The number of aromatic amines is 1. The van der Waals surface area contributed by atoms with Crippen molar-refractivity contribution in [3.05, 3.63) is 64.3 Å². The number of hydrogen-bond acceptors (Lipinski definition) is 16. The standard InChI is InChI=1S/C26H30N10O9S/c1-15-28-23(36-26(40)29-15)31-18-12-19(14-20(13-18)46(41,42)43)32-25-34-22(27-5-7-44-9-10-45-8-6-37)33-24(35-25)30-17-4-2-3-16(11-17)21(38)39/h2-4,11-14,37H,5-10H2,1H3,(H,38,39)(H,41,42,43)(H2,28,29,31,36,40)(H3,27,30,32,33,34,35). The van der Waals surface area contributed by atoms with Gasteiger partial charge in [0.25, 0.3) is 10.1 Å². The quantitative estimate of drug-likeness (QED) is 0.0585. The zero-order valence-corrected chi connectivity index (χ0v) is 25.0. The third-order valence-electron chi connectivity index (χ3n) is 5.62. The molecule has 0 atom stereocenters. The number of nitrogens with one attached hydrogen (secondary N) is 5. The van der Waals surface area contributed by atoms with Crippen molar-refractivity contribution in [2.24, 2.45) is 0 Å². The second-order valence-corrected chi connectivity index (χ2v) is 10.6. The Balaban J connectivity index is 1.61. The van der Waals surface area contributed by atoms with Gasteiger partial charge in [-0.1, -0.05) is 6.07 Å². The summed E-state index contributed by atoms with van der Waals surface area (Å²) < 4.78 is 44.5. The maximum atomic E-state index is 12.1. The van der Waals surface area contributed by atoms with E-state index in [1.807, 2.05) is 0 Å². The highest BCUT2D eigenvalue weighted by Crippen LogP contribution is 2.27. The first-order chi connectivity index (χ1) is 22.0. The van der Waals surface area contributed by atoms with Crippen molar-refractivity contribution in [2.75, 3.05) is 60.8 Å². The molecule has 8 N–H and O–H groups in total. The van der Waals surface area contributed by atoms with Crippen molar-refractivity contribution in [3.8, 4) is 0 Å². The number of aromatic carboxylic acids is 1. The smallest absolute Gasteiger partial charge is 0.349 e. The molecule has 46 heavy (non-hydrogen) atoms. The van der Waals surface area contributed by atoms with E-state index in [2.05, 4.69) is 51.2 Å². The van der Waals surface area contributed by atoms with Crippen molar-refractivity contribution in [3.63, 3.8) is 0 Å². The highest BCUT2D eigenvalue weighted by atomic mass is 32.2. The number of anilines is 7. The number of hydrogen-bond donors (Lipinski definition) is 8. The van der Waals surface area contributed by atoms with Gasteiger partial charge in [-0.25, -0.2) is 9.59 Å². The number of carboxylic acids is 1. The maximum absolute atomic E-state index is 12.1. The van der Waals surface area contributed by atoms with Crippen LogP contribution in [0.4, 0.5) is 40.9 Å². The summed E-state index contributed by atoms with van der Waals surface area (Å²) in [6, 6.07) is 9.60. The van der Waals surface area contributed by atoms with Gasteiger partial charge < -0.3 is 41.0 Å². The molecule has 0 unspecified atom stereocenters. The zero-order chi connectivity index (χ0) is 33.1. The Kier molecular flexibility index (Phi) is 11.4. The largest absolute Gasteiger partial charge is 0.478 e. The molecule has 2 heterocycles. The predicted molar refractivity (Wildman–Crippen MR) is 164 cm³/mol. The van der Waals surface area contributed by atoms with Crippen LogP contribution in [0.1, 0.15) is 16.2 Å². The summed E-state index contributed by atoms with van der Waals surface area (Å²) in [5.74, 6) is -0.998. The molecular weight excluding hydrogens is 628 g/mol. The van der Waals surface area contributed by atoms with E-state index >= 15 is 0 Å². The molecule has 0 saturated carbocycles. The summed E-state index contributed by atoms with van der Waals surface area (Å²) in [5, 5.41) is 29.6.